The zero-order chi connectivity index (χ0) is 15.3. The van der Waals surface area contributed by atoms with Gasteiger partial charge in [-0.2, -0.15) is 0 Å². The minimum Gasteiger partial charge on any atom is -0.467 e. The van der Waals surface area contributed by atoms with E-state index in [4.69, 9.17) is 11.6 Å². The van der Waals surface area contributed by atoms with Crippen molar-refractivity contribution in [2.24, 2.45) is 0 Å². The van der Waals surface area contributed by atoms with Crippen molar-refractivity contribution in [1.82, 2.24) is 0 Å². The Hall–Kier alpha value is -0.700. The van der Waals surface area contributed by atoms with E-state index in [0.717, 1.165) is 21.3 Å². The van der Waals surface area contributed by atoms with E-state index in [1.54, 1.807) is 0 Å². The lowest BCUT2D eigenvalue weighted by atomic mass is 10.2. The van der Waals surface area contributed by atoms with Crippen LogP contribution in [-0.2, 0) is 33.1 Å². The van der Waals surface area contributed by atoms with E-state index in [1.165, 1.54) is 0 Å². The van der Waals surface area contributed by atoms with Crippen LogP contribution in [-0.4, -0.2) is 60.6 Å². The van der Waals surface area contributed by atoms with E-state index in [-0.39, 0.29) is 0 Å². The van der Waals surface area contributed by atoms with E-state index in [2.05, 4.69) is 18.9 Å². The second kappa shape index (κ2) is 7.18. The van der Waals surface area contributed by atoms with Gasteiger partial charge in [0, 0.05) is 7.11 Å². The van der Waals surface area contributed by atoms with E-state index >= 15 is 0 Å². The first-order chi connectivity index (χ1) is 8.72. The Kier molecular flexibility index (Phi) is 6.92. The molecule has 0 saturated carbocycles. The first kappa shape index (κ1) is 18.3. The third kappa shape index (κ3) is 3.44. The second-order valence-corrected chi connectivity index (χ2v) is 5.10. The normalized spacial score (nSPS) is 16.3. The highest BCUT2D eigenvalue weighted by molar-refractivity contribution is 7.54. The molecule has 0 aliphatic heterocycles. The van der Waals surface area contributed by atoms with Crippen molar-refractivity contribution < 1.29 is 42.9 Å². The lowest BCUT2D eigenvalue weighted by Crippen LogP contribution is -2.56. The molecular formula is C8H14ClO9P. The molecule has 0 radical (unpaired) electrons. The number of rotatable bonds is 7. The van der Waals surface area contributed by atoms with Gasteiger partial charge in [-0.15, -0.1) is 0 Å². The molecule has 0 bridgehead atoms. The number of carbonyl (C=O) groups is 2. The second-order valence-electron chi connectivity index (χ2n) is 3.12. The van der Waals surface area contributed by atoms with Gasteiger partial charge in [-0.1, -0.05) is 11.6 Å². The Morgan fingerprint density at radius 1 is 1.26 bits per heavy atom. The maximum absolute atomic E-state index is 11.7. The van der Waals surface area contributed by atoms with E-state index < -0.39 is 37.0 Å². The number of carbonyl (C=O) groups excluding carboxylic acids is 2. The average Bonchev–Trinajstić information content (AvgIpc) is 2.35. The van der Waals surface area contributed by atoms with Crippen LogP contribution < -0.4 is 0 Å². The lowest BCUT2D eigenvalue weighted by Gasteiger charge is -2.34. The Morgan fingerprint density at radius 3 is 2.05 bits per heavy atom. The van der Waals surface area contributed by atoms with Crippen LogP contribution in [0.1, 0.15) is 0 Å². The minimum absolute atomic E-state index is 0.795. The molecule has 2 N–H and O–H groups in total. The van der Waals surface area contributed by atoms with Crippen molar-refractivity contribution in [1.29, 1.82) is 0 Å². The maximum Gasteiger partial charge on any atom is 0.372 e. The number of methoxy groups -OCH3 is 3. The third-order valence-corrected chi connectivity index (χ3v) is 3.71. The SMILES string of the molecule is COC(=O)C(OC)C(OCCl)(C(=O)OC)P(=O)(O)O. The minimum atomic E-state index is -5.34. The van der Waals surface area contributed by atoms with Gasteiger partial charge in [0.2, 0.25) is 6.10 Å². The molecule has 2 unspecified atom stereocenters. The Morgan fingerprint density at radius 2 is 1.79 bits per heavy atom. The van der Waals surface area contributed by atoms with Crippen LogP contribution >= 0.6 is 19.2 Å². The number of hydrogen-bond acceptors (Lipinski definition) is 7. The van der Waals surface area contributed by atoms with Gasteiger partial charge >= 0.3 is 24.9 Å². The fraction of sp³-hybridized carbons (Fsp3) is 0.750. The number of ether oxygens (including phenoxy) is 4. The molecule has 0 spiro atoms. The molecule has 0 amide bonds. The summed E-state index contributed by atoms with van der Waals surface area (Å²) in [5.74, 6) is -2.75. The molecule has 0 aromatic rings. The van der Waals surface area contributed by atoms with E-state index in [0.29, 0.717) is 0 Å². The summed E-state index contributed by atoms with van der Waals surface area (Å²) in [6, 6.07) is -0.795. The number of halogens is 1. The van der Waals surface area contributed by atoms with Crippen molar-refractivity contribution in [2.75, 3.05) is 27.4 Å². The van der Waals surface area contributed by atoms with Gasteiger partial charge in [-0.3, -0.25) is 4.57 Å². The molecule has 9 nitrogen and oxygen atoms in total. The van der Waals surface area contributed by atoms with E-state index in [1.807, 2.05) is 0 Å². The van der Waals surface area contributed by atoms with Crippen molar-refractivity contribution in [3.8, 4) is 0 Å². The lowest BCUT2D eigenvalue weighted by molar-refractivity contribution is -0.185. The molecular weight excluding hydrogens is 307 g/mol. The quantitative estimate of drug-likeness (QED) is 0.360. The molecule has 11 heteroatoms. The summed E-state index contributed by atoms with van der Waals surface area (Å²) in [5.41, 5.74) is 0. The summed E-state index contributed by atoms with van der Waals surface area (Å²) in [5, 5.41) is -3.04. The fourth-order valence-electron chi connectivity index (χ4n) is 1.35. The van der Waals surface area contributed by atoms with Gasteiger partial charge in [0.15, 0.2) is 0 Å². The first-order valence-corrected chi connectivity index (χ1v) is 6.82. The van der Waals surface area contributed by atoms with Crippen molar-refractivity contribution in [2.45, 2.75) is 11.4 Å². The average molecular weight is 321 g/mol. The fourth-order valence-corrected chi connectivity index (χ4v) is 2.68. The van der Waals surface area contributed by atoms with Crippen LogP contribution in [0.2, 0.25) is 0 Å². The highest BCUT2D eigenvalue weighted by Gasteiger charge is 2.65. The summed E-state index contributed by atoms with van der Waals surface area (Å²) in [7, 11) is -2.61. The molecule has 0 aliphatic rings. The van der Waals surface area contributed by atoms with Crippen molar-refractivity contribution >= 4 is 31.1 Å². The van der Waals surface area contributed by atoms with Gasteiger partial charge in [-0.25, -0.2) is 9.59 Å². The van der Waals surface area contributed by atoms with Gasteiger partial charge in [0.25, 0.3) is 0 Å². The van der Waals surface area contributed by atoms with Crippen LogP contribution in [0.4, 0.5) is 0 Å². The monoisotopic (exact) mass is 320 g/mol. The van der Waals surface area contributed by atoms with Gasteiger partial charge in [-0.05, 0) is 0 Å². The Labute approximate surface area is 113 Å². The van der Waals surface area contributed by atoms with Crippen LogP contribution in [0, 0.1) is 0 Å². The predicted octanol–water partition coefficient (Wildman–Crippen LogP) is -0.566. The summed E-state index contributed by atoms with van der Waals surface area (Å²) in [4.78, 5) is 41.9. The predicted molar refractivity (Wildman–Crippen MR) is 61.4 cm³/mol. The standard InChI is InChI=1S/C8H14ClO9P/c1-15-5(6(10)16-2)8(18-4-9,7(11)17-3)19(12,13)14/h5H,4H2,1-3H3,(H2,12,13,14). The molecule has 0 heterocycles. The van der Waals surface area contributed by atoms with Crippen LogP contribution in [0.3, 0.4) is 0 Å². The maximum atomic E-state index is 11.7. The third-order valence-electron chi connectivity index (χ3n) is 2.19. The summed E-state index contributed by atoms with van der Waals surface area (Å²) < 4.78 is 29.4. The molecule has 19 heavy (non-hydrogen) atoms. The number of alkyl halides is 1. The molecule has 0 aromatic heterocycles. The molecule has 112 valence electrons. The smallest absolute Gasteiger partial charge is 0.372 e. The summed E-state index contributed by atoms with van der Waals surface area (Å²) in [6.45, 7) is 0. The van der Waals surface area contributed by atoms with E-state index in [9.17, 15) is 23.9 Å². The first-order valence-electron chi connectivity index (χ1n) is 4.67. The largest absolute Gasteiger partial charge is 0.467 e. The highest BCUT2D eigenvalue weighted by atomic mass is 35.5. The Bertz CT molecular complexity index is 380. The highest BCUT2D eigenvalue weighted by Crippen LogP contribution is 2.55. The molecule has 2 atom stereocenters. The molecule has 0 fully saturated rings. The van der Waals surface area contributed by atoms with Gasteiger partial charge < -0.3 is 28.7 Å². The number of esters is 2. The number of hydrogen-bond donors (Lipinski definition) is 2. The van der Waals surface area contributed by atoms with Crippen molar-refractivity contribution in [3.63, 3.8) is 0 Å². The van der Waals surface area contributed by atoms with Gasteiger partial charge in [0.1, 0.15) is 6.07 Å². The van der Waals surface area contributed by atoms with Crippen LogP contribution in [0.5, 0.6) is 0 Å². The summed E-state index contributed by atoms with van der Waals surface area (Å²) >= 11 is 5.26. The summed E-state index contributed by atoms with van der Waals surface area (Å²) in [6.07, 6.45) is -2.05. The van der Waals surface area contributed by atoms with Crippen LogP contribution in [0.25, 0.3) is 0 Å². The molecule has 0 rings (SSSR count). The molecule has 0 aromatic carbocycles. The Balaban J connectivity index is 6.03. The van der Waals surface area contributed by atoms with Gasteiger partial charge in [0.05, 0.1) is 14.2 Å². The molecule has 0 aliphatic carbocycles. The molecule has 0 saturated heterocycles. The van der Waals surface area contributed by atoms with Crippen molar-refractivity contribution in [3.05, 3.63) is 0 Å². The zero-order valence-corrected chi connectivity index (χ0v) is 12.0. The van der Waals surface area contributed by atoms with Crippen LogP contribution in [0.15, 0.2) is 0 Å². The zero-order valence-electron chi connectivity index (χ0n) is 10.4. The topological polar surface area (TPSA) is 129 Å².